The Morgan fingerprint density at radius 1 is 1.19 bits per heavy atom. The number of amides is 1. The number of sulfonamides is 1. The van der Waals surface area contributed by atoms with Crippen LogP contribution in [0.3, 0.4) is 0 Å². The summed E-state index contributed by atoms with van der Waals surface area (Å²) in [4.78, 5) is 19.1. The van der Waals surface area contributed by atoms with E-state index in [1.807, 2.05) is 31.2 Å². The third-order valence-electron chi connectivity index (χ3n) is 4.83. The highest BCUT2D eigenvalue weighted by Crippen LogP contribution is 2.30. The predicted molar refractivity (Wildman–Crippen MR) is 99.9 cm³/mol. The number of fused-ring (bicyclic) bond motifs is 2. The molecule has 0 bridgehead atoms. The van der Waals surface area contributed by atoms with Gasteiger partial charge in [0.05, 0.1) is 4.90 Å². The van der Waals surface area contributed by atoms with Crippen molar-refractivity contribution in [3.05, 3.63) is 59.7 Å². The van der Waals surface area contributed by atoms with Crippen LogP contribution in [-0.4, -0.2) is 32.7 Å². The molecule has 134 valence electrons. The molecule has 2 aromatic carbocycles. The summed E-state index contributed by atoms with van der Waals surface area (Å²) in [5, 5.41) is 0. The van der Waals surface area contributed by atoms with Gasteiger partial charge in [0.15, 0.2) is 0 Å². The van der Waals surface area contributed by atoms with Crippen molar-refractivity contribution >= 4 is 27.5 Å². The number of aliphatic imine (C=N–C) groups is 1. The van der Waals surface area contributed by atoms with Gasteiger partial charge in [-0.15, -0.1) is 0 Å². The lowest BCUT2D eigenvalue weighted by molar-refractivity contribution is -0.117. The van der Waals surface area contributed by atoms with Crippen LogP contribution in [0.25, 0.3) is 0 Å². The standard InChI is InChI=1S/C19H19N3O3S/c1-13-10-11-14-6-2-4-8-16(14)22(13)18(23)12-20-19-15-7-3-5-9-17(15)26(24,25)21-19/h2-9,13H,10-12H2,1H3,(H,20,21)/t13-/m0/s1. The highest BCUT2D eigenvalue weighted by Gasteiger charge is 2.31. The Morgan fingerprint density at radius 3 is 2.77 bits per heavy atom. The fraction of sp³-hybridized carbons (Fsp3) is 0.263. The summed E-state index contributed by atoms with van der Waals surface area (Å²) in [6, 6.07) is 14.6. The van der Waals surface area contributed by atoms with Crippen LogP contribution in [0, 0.1) is 0 Å². The molecule has 2 aliphatic heterocycles. The molecule has 0 aliphatic carbocycles. The van der Waals surface area contributed by atoms with Crippen molar-refractivity contribution in [2.24, 2.45) is 4.99 Å². The Hall–Kier alpha value is -2.67. The maximum Gasteiger partial charge on any atom is 0.263 e. The van der Waals surface area contributed by atoms with E-state index < -0.39 is 10.0 Å². The van der Waals surface area contributed by atoms with Crippen LogP contribution in [-0.2, 0) is 21.2 Å². The van der Waals surface area contributed by atoms with E-state index in [4.69, 9.17) is 0 Å². The molecular weight excluding hydrogens is 350 g/mol. The Balaban J connectivity index is 1.62. The summed E-state index contributed by atoms with van der Waals surface area (Å²) >= 11 is 0. The first-order chi connectivity index (χ1) is 12.5. The lowest BCUT2D eigenvalue weighted by Crippen LogP contribution is -2.43. The van der Waals surface area contributed by atoms with Gasteiger partial charge in [-0.05, 0) is 43.5 Å². The largest absolute Gasteiger partial charge is 0.308 e. The van der Waals surface area contributed by atoms with Crippen LogP contribution in [0.5, 0.6) is 0 Å². The second kappa shape index (κ2) is 6.25. The van der Waals surface area contributed by atoms with Crippen LogP contribution in [0.15, 0.2) is 58.4 Å². The van der Waals surface area contributed by atoms with Gasteiger partial charge in [-0.1, -0.05) is 30.3 Å². The van der Waals surface area contributed by atoms with Crippen molar-refractivity contribution in [2.75, 3.05) is 11.4 Å². The number of hydrogen-bond acceptors (Lipinski definition) is 4. The molecule has 0 saturated carbocycles. The van der Waals surface area contributed by atoms with Gasteiger partial charge in [-0.3, -0.25) is 14.5 Å². The highest BCUT2D eigenvalue weighted by atomic mass is 32.2. The van der Waals surface area contributed by atoms with Gasteiger partial charge in [0.2, 0.25) is 5.91 Å². The number of benzene rings is 2. The number of hydrogen-bond donors (Lipinski definition) is 1. The van der Waals surface area contributed by atoms with Crippen molar-refractivity contribution in [1.82, 2.24) is 4.72 Å². The number of rotatable bonds is 2. The Bertz CT molecular complexity index is 1010. The van der Waals surface area contributed by atoms with Gasteiger partial charge < -0.3 is 4.90 Å². The van der Waals surface area contributed by atoms with E-state index in [1.54, 1.807) is 23.1 Å². The van der Waals surface area contributed by atoms with E-state index >= 15 is 0 Å². The SMILES string of the molecule is C[C@H]1CCc2ccccc2N1C(=O)CN=C1NS(=O)(=O)c2ccccc21. The van der Waals surface area contributed by atoms with E-state index in [2.05, 4.69) is 9.71 Å². The van der Waals surface area contributed by atoms with Crippen molar-refractivity contribution in [1.29, 1.82) is 0 Å². The first-order valence-electron chi connectivity index (χ1n) is 8.54. The van der Waals surface area contributed by atoms with Crippen molar-refractivity contribution in [3.63, 3.8) is 0 Å². The maximum atomic E-state index is 12.8. The summed E-state index contributed by atoms with van der Waals surface area (Å²) in [5.41, 5.74) is 2.58. The van der Waals surface area contributed by atoms with E-state index in [0.29, 0.717) is 5.56 Å². The van der Waals surface area contributed by atoms with Gasteiger partial charge in [-0.2, -0.15) is 0 Å². The van der Waals surface area contributed by atoms with E-state index in [-0.39, 0.29) is 29.2 Å². The molecule has 2 aliphatic rings. The van der Waals surface area contributed by atoms with Crippen LogP contribution >= 0.6 is 0 Å². The van der Waals surface area contributed by atoms with Gasteiger partial charge in [0.25, 0.3) is 10.0 Å². The van der Waals surface area contributed by atoms with Gasteiger partial charge in [-0.25, -0.2) is 8.42 Å². The quantitative estimate of drug-likeness (QED) is 0.880. The minimum Gasteiger partial charge on any atom is -0.308 e. The second-order valence-electron chi connectivity index (χ2n) is 6.55. The molecular formula is C19H19N3O3S. The maximum absolute atomic E-state index is 12.8. The second-order valence-corrected chi connectivity index (χ2v) is 8.20. The first-order valence-corrected chi connectivity index (χ1v) is 10.0. The average molecular weight is 369 g/mol. The monoisotopic (exact) mass is 369 g/mol. The Kier molecular flexibility index (Phi) is 4.03. The Labute approximate surface area is 152 Å². The fourth-order valence-electron chi connectivity index (χ4n) is 3.54. The van der Waals surface area contributed by atoms with Crippen LogP contribution in [0.1, 0.15) is 24.5 Å². The summed E-state index contributed by atoms with van der Waals surface area (Å²) in [6.07, 6.45) is 1.84. The highest BCUT2D eigenvalue weighted by molar-refractivity contribution is 7.90. The summed E-state index contributed by atoms with van der Waals surface area (Å²) < 4.78 is 26.7. The molecule has 1 atom stereocenters. The minimum atomic E-state index is -3.59. The van der Waals surface area contributed by atoms with E-state index in [9.17, 15) is 13.2 Å². The lowest BCUT2D eigenvalue weighted by Gasteiger charge is -2.35. The summed E-state index contributed by atoms with van der Waals surface area (Å²) in [6.45, 7) is 1.92. The topological polar surface area (TPSA) is 78.8 Å². The number of nitrogens with one attached hydrogen (secondary N) is 1. The number of anilines is 1. The number of para-hydroxylation sites is 1. The van der Waals surface area contributed by atoms with E-state index in [1.165, 1.54) is 6.07 Å². The minimum absolute atomic E-state index is 0.0881. The molecule has 0 spiro atoms. The number of carbonyl (C=O) groups excluding carboxylic acids is 1. The average Bonchev–Trinajstić information content (AvgIpc) is 2.90. The van der Waals surface area contributed by atoms with Crippen LogP contribution in [0.4, 0.5) is 5.69 Å². The molecule has 0 unspecified atom stereocenters. The summed E-state index contributed by atoms with van der Waals surface area (Å²) in [5.74, 6) is 0.0904. The predicted octanol–water partition coefficient (Wildman–Crippen LogP) is 2.09. The number of aryl methyl sites for hydroxylation is 1. The molecule has 7 heteroatoms. The molecule has 1 N–H and O–H groups in total. The molecule has 26 heavy (non-hydrogen) atoms. The van der Waals surface area contributed by atoms with Crippen LogP contribution in [0.2, 0.25) is 0 Å². The molecule has 0 saturated heterocycles. The molecule has 2 heterocycles. The smallest absolute Gasteiger partial charge is 0.263 e. The third kappa shape index (κ3) is 2.78. The Morgan fingerprint density at radius 2 is 1.92 bits per heavy atom. The third-order valence-corrected chi connectivity index (χ3v) is 6.22. The van der Waals surface area contributed by atoms with Crippen molar-refractivity contribution < 1.29 is 13.2 Å². The molecule has 0 radical (unpaired) electrons. The number of nitrogens with zero attached hydrogens (tertiary/aromatic N) is 2. The lowest BCUT2D eigenvalue weighted by atomic mass is 9.96. The molecule has 6 nitrogen and oxygen atoms in total. The van der Waals surface area contributed by atoms with E-state index in [0.717, 1.165) is 24.1 Å². The molecule has 2 aromatic rings. The number of amidine groups is 1. The normalized spacial score (nSPS) is 21.8. The zero-order valence-electron chi connectivity index (χ0n) is 14.3. The molecule has 0 aromatic heterocycles. The fourth-order valence-corrected chi connectivity index (χ4v) is 4.79. The zero-order chi connectivity index (χ0) is 18.3. The zero-order valence-corrected chi connectivity index (χ0v) is 15.2. The van der Waals surface area contributed by atoms with Gasteiger partial charge in [0, 0.05) is 17.3 Å². The van der Waals surface area contributed by atoms with Gasteiger partial charge in [0.1, 0.15) is 12.4 Å². The molecule has 0 fully saturated rings. The van der Waals surface area contributed by atoms with Crippen molar-refractivity contribution in [2.45, 2.75) is 30.7 Å². The van der Waals surface area contributed by atoms with Gasteiger partial charge >= 0.3 is 0 Å². The summed E-state index contributed by atoms with van der Waals surface area (Å²) in [7, 11) is -3.59. The van der Waals surface area contributed by atoms with Crippen LogP contribution < -0.4 is 9.62 Å². The van der Waals surface area contributed by atoms with Crippen molar-refractivity contribution in [3.8, 4) is 0 Å². The molecule has 1 amide bonds. The first kappa shape index (κ1) is 16.8. The molecule has 4 rings (SSSR count). The number of carbonyl (C=O) groups is 1.